The van der Waals surface area contributed by atoms with E-state index in [-0.39, 0.29) is 6.03 Å². The van der Waals surface area contributed by atoms with E-state index in [1.807, 2.05) is 31.2 Å². The number of fused-ring (bicyclic) bond motifs is 1. The van der Waals surface area contributed by atoms with Crippen LogP contribution in [0.15, 0.2) is 36.4 Å². The highest BCUT2D eigenvalue weighted by atomic mass is 32.1. The molecule has 0 radical (unpaired) electrons. The molecule has 0 unspecified atom stereocenters. The molecule has 0 spiro atoms. The molecule has 2 heterocycles. The highest BCUT2D eigenvalue weighted by Gasteiger charge is 2.24. The van der Waals surface area contributed by atoms with E-state index in [0.29, 0.717) is 36.9 Å². The maximum atomic E-state index is 12.8. The number of hydrogen-bond acceptors (Lipinski definition) is 7. The molecule has 0 saturated carbocycles. The van der Waals surface area contributed by atoms with E-state index in [4.69, 9.17) is 19.2 Å². The van der Waals surface area contributed by atoms with E-state index in [0.717, 1.165) is 34.2 Å². The summed E-state index contributed by atoms with van der Waals surface area (Å²) in [5.41, 5.74) is 1.55. The first-order chi connectivity index (χ1) is 15.1. The highest BCUT2D eigenvalue weighted by Crippen LogP contribution is 2.35. The number of anilines is 2. The van der Waals surface area contributed by atoms with Crippen molar-refractivity contribution in [1.82, 2.24) is 9.88 Å². The van der Waals surface area contributed by atoms with Gasteiger partial charge in [0.05, 0.1) is 36.7 Å². The van der Waals surface area contributed by atoms with Crippen molar-refractivity contribution in [2.45, 2.75) is 6.92 Å². The molecule has 3 aromatic rings. The minimum Gasteiger partial charge on any atom is -0.494 e. The number of ether oxygens (including phenoxy) is 3. The summed E-state index contributed by atoms with van der Waals surface area (Å²) in [5, 5.41) is 3.91. The topological polar surface area (TPSA) is 76.2 Å². The van der Waals surface area contributed by atoms with Crippen molar-refractivity contribution in [3.05, 3.63) is 36.4 Å². The van der Waals surface area contributed by atoms with Gasteiger partial charge in [0.2, 0.25) is 0 Å². The average Bonchev–Trinajstić information content (AvgIpc) is 3.22. The number of para-hydroxylation sites is 1. The zero-order chi connectivity index (χ0) is 21.8. The summed E-state index contributed by atoms with van der Waals surface area (Å²) in [6.45, 7) is 5.28. The molecule has 8 nitrogen and oxygen atoms in total. The van der Waals surface area contributed by atoms with Crippen LogP contribution in [0.25, 0.3) is 10.2 Å². The number of benzene rings is 2. The minimum atomic E-state index is -0.156. The fourth-order valence-electron chi connectivity index (χ4n) is 3.57. The van der Waals surface area contributed by atoms with Gasteiger partial charge in [-0.05, 0) is 37.3 Å². The van der Waals surface area contributed by atoms with Gasteiger partial charge in [0.1, 0.15) is 5.75 Å². The van der Waals surface area contributed by atoms with Gasteiger partial charge < -0.3 is 29.3 Å². The van der Waals surface area contributed by atoms with Crippen LogP contribution < -0.4 is 24.4 Å². The molecule has 1 aromatic heterocycles. The van der Waals surface area contributed by atoms with Crippen LogP contribution in [0.2, 0.25) is 0 Å². The average molecular weight is 443 g/mol. The van der Waals surface area contributed by atoms with Gasteiger partial charge in [-0.15, -0.1) is 0 Å². The molecule has 1 N–H and O–H groups in total. The summed E-state index contributed by atoms with van der Waals surface area (Å²) in [5.74, 6) is 1.95. The van der Waals surface area contributed by atoms with E-state index in [1.165, 1.54) is 0 Å². The minimum absolute atomic E-state index is 0.156. The highest BCUT2D eigenvalue weighted by molar-refractivity contribution is 7.22. The Kier molecular flexibility index (Phi) is 6.31. The van der Waals surface area contributed by atoms with Gasteiger partial charge in [0.25, 0.3) is 0 Å². The standard InChI is InChI=1S/C22H26N4O4S/c1-4-30-15-8-9-16-19(14-15)31-22(24-16)26-12-10-25(11-13-26)21(27)23-17-6-5-7-18(28-2)20(17)29-3/h5-9,14H,4,10-13H2,1-3H3,(H,23,27). The van der Waals surface area contributed by atoms with E-state index >= 15 is 0 Å². The zero-order valence-electron chi connectivity index (χ0n) is 17.9. The normalized spacial score (nSPS) is 13.9. The van der Waals surface area contributed by atoms with Crippen molar-refractivity contribution in [2.24, 2.45) is 0 Å². The monoisotopic (exact) mass is 442 g/mol. The lowest BCUT2D eigenvalue weighted by Crippen LogP contribution is -2.50. The number of hydrogen-bond donors (Lipinski definition) is 1. The van der Waals surface area contributed by atoms with Crippen LogP contribution in [0.3, 0.4) is 0 Å². The lowest BCUT2D eigenvalue weighted by atomic mass is 10.2. The summed E-state index contributed by atoms with van der Waals surface area (Å²) < 4.78 is 17.4. The molecule has 2 amide bonds. The van der Waals surface area contributed by atoms with Gasteiger partial charge in [0, 0.05) is 26.2 Å². The predicted molar refractivity (Wildman–Crippen MR) is 123 cm³/mol. The first-order valence-electron chi connectivity index (χ1n) is 10.2. The molecule has 0 bridgehead atoms. The molecule has 1 saturated heterocycles. The van der Waals surface area contributed by atoms with E-state index < -0.39 is 0 Å². The molecule has 164 valence electrons. The summed E-state index contributed by atoms with van der Waals surface area (Å²) >= 11 is 1.65. The van der Waals surface area contributed by atoms with Gasteiger partial charge in [-0.1, -0.05) is 17.4 Å². The van der Waals surface area contributed by atoms with E-state index in [9.17, 15) is 4.79 Å². The van der Waals surface area contributed by atoms with Crippen molar-refractivity contribution >= 4 is 38.4 Å². The second-order valence-electron chi connectivity index (χ2n) is 7.00. The van der Waals surface area contributed by atoms with Gasteiger partial charge in [-0.25, -0.2) is 9.78 Å². The number of nitrogens with one attached hydrogen (secondary N) is 1. The van der Waals surface area contributed by atoms with Crippen LogP contribution in [-0.2, 0) is 0 Å². The quantitative estimate of drug-likeness (QED) is 0.620. The fraction of sp³-hybridized carbons (Fsp3) is 0.364. The lowest BCUT2D eigenvalue weighted by Gasteiger charge is -2.34. The molecule has 2 aromatic carbocycles. The number of rotatable bonds is 6. The van der Waals surface area contributed by atoms with Crippen LogP contribution in [0.4, 0.5) is 15.6 Å². The van der Waals surface area contributed by atoms with Crippen LogP contribution in [0, 0.1) is 0 Å². The number of thiazole rings is 1. The third kappa shape index (κ3) is 4.46. The molecule has 9 heteroatoms. The number of aromatic nitrogens is 1. The van der Waals surface area contributed by atoms with Gasteiger partial charge in [0.15, 0.2) is 16.6 Å². The number of carbonyl (C=O) groups excluding carboxylic acids is 1. The molecular weight excluding hydrogens is 416 g/mol. The van der Waals surface area contributed by atoms with Crippen LogP contribution in [-0.4, -0.2) is 62.9 Å². The number of methoxy groups -OCH3 is 2. The smallest absolute Gasteiger partial charge is 0.322 e. The molecule has 0 aliphatic carbocycles. The number of amides is 2. The largest absolute Gasteiger partial charge is 0.494 e. The Balaban J connectivity index is 1.39. The second kappa shape index (κ2) is 9.30. The van der Waals surface area contributed by atoms with Crippen molar-refractivity contribution in [2.75, 3.05) is 57.2 Å². The molecule has 31 heavy (non-hydrogen) atoms. The van der Waals surface area contributed by atoms with Crippen molar-refractivity contribution in [1.29, 1.82) is 0 Å². The fourth-order valence-corrected chi connectivity index (χ4v) is 4.61. The second-order valence-corrected chi connectivity index (χ2v) is 8.01. The number of carbonyl (C=O) groups is 1. The molecular formula is C22H26N4O4S. The van der Waals surface area contributed by atoms with Crippen molar-refractivity contribution in [3.8, 4) is 17.2 Å². The Hall–Kier alpha value is -3.20. The Morgan fingerprint density at radius 2 is 1.94 bits per heavy atom. The Bertz CT molecular complexity index is 1060. The SMILES string of the molecule is CCOc1ccc2nc(N3CCN(C(=O)Nc4cccc(OC)c4OC)CC3)sc2c1. The molecule has 4 rings (SSSR count). The van der Waals surface area contributed by atoms with Gasteiger partial charge >= 0.3 is 6.03 Å². The summed E-state index contributed by atoms with van der Waals surface area (Å²) in [6, 6.07) is 11.2. The predicted octanol–water partition coefficient (Wildman–Crippen LogP) is 4.07. The third-order valence-electron chi connectivity index (χ3n) is 5.14. The lowest BCUT2D eigenvalue weighted by molar-refractivity contribution is 0.208. The molecule has 1 fully saturated rings. The summed E-state index contributed by atoms with van der Waals surface area (Å²) in [6.07, 6.45) is 0. The summed E-state index contributed by atoms with van der Waals surface area (Å²) in [7, 11) is 3.13. The first kappa shape index (κ1) is 21.0. The van der Waals surface area contributed by atoms with E-state index in [1.54, 1.807) is 42.6 Å². The van der Waals surface area contributed by atoms with E-state index in [2.05, 4.69) is 10.2 Å². The van der Waals surface area contributed by atoms with Gasteiger partial charge in [-0.2, -0.15) is 0 Å². The van der Waals surface area contributed by atoms with Gasteiger partial charge in [-0.3, -0.25) is 0 Å². The Morgan fingerprint density at radius 1 is 1.13 bits per heavy atom. The van der Waals surface area contributed by atoms with Crippen LogP contribution in [0.5, 0.6) is 17.2 Å². The van der Waals surface area contributed by atoms with Crippen LogP contribution >= 0.6 is 11.3 Å². The number of urea groups is 1. The summed E-state index contributed by atoms with van der Waals surface area (Å²) in [4.78, 5) is 21.6. The van der Waals surface area contributed by atoms with Crippen molar-refractivity contribution < 1.29 is 19.0 Å². The van der Waals surface area contributed by atoms with Crippen LogP contribution in [0.1, 0.15) is 6.92 Å². The Labute approximate surface area is 185 Å². The third-order valence-corrected chi connectivity index (χ3v) is 6.22. The zero-order valence-corrected chi connectivity index (χ0v) is 18.7. The maximum Gasteiger partial charge on any atom is 0.322 e. The van der Waals surface area contributed by atoms with Crippen molar-refractivity contribution in [3.63, 3.8) is 0 Å². The molecule has 0 atom stereocenters. The Morgan fingerprint density at radius 3 is 2.65 bits per heavy atom. The molecule has 1 aliphatic rings. The number of piperazine rings is 1. The first-order valence-corrected chi connectivity index (χ1v) is 11.0. The maximum absolute atomic E-state index is 12.8. The number of nitrogens with zero attached hydrogens (tertiary/aromatic N) is 3. The molecule has 1 aliphatic heterocycles.